The summed E-state index contributed by atoms with van der Waals surface area (Å²) in [5.41, 5.74) is 0.298. The number of esters is 1. The fraction of sp³-hybridized carbons (Fsp3) is 0.333. The molecule has 5 heteroatoms. The van der Waals surface area contributed by atoms with E-state index in [1.165, 1.54) is 12.0 Å². The Hall–Kier alpha value is -3.08. The molecular weight excluding hydrogens is 366 g/mol. The molecule has 1 saturated carbocycles. The van der Waals surface area contributed by atoms with Crippen LogP contribution in [0.4, 0.5) is 10.5 Å². The second kappa shape index (κ2) is 8.11. The van der Waals surface area contributed by atoms with Crippen LogP contribution in [-0.2, 0) is 19.7 Å². The molecule has 0 radical (unpaired) electrons. The van der Waals surface area contributed by atoms with Gasteiger partial charge in [0.25, 0.3) is 0 Å². The minimum absolute atomic E-state index is 0.0639. The van der Waals surface area contributed by atoms with Gasteiger partial charge >= 0.3 is 12.1 Å². The van der Waals surface area contributed by atoms with E-state index >= 15 is 0 Å². The average molecular weight is 393 g/mol. The van der Waals surface area contributed by atoms with E-state index in [4.69, 9.17) is 9.47 Å². The molecule has 0 spiro atoms. The summed E-state index contributed by atoms with van der Waals surface area (Å²) in [4.78, 5) is 26.8. The molecule has 1 fully saturated rings. The summed E-state index contributed by atoms with van der Waals surface area (Å²) in [6.07, 6.45) is 3.75. The van der Waals surface area contributed by atoms with E-state index in [0.29, 0.717) is 12.1 Å². The molecule has 29 heavy (non-hydrogen) atoms. The van der Waals surface area contributed by atoms with Crippen molar-refractivity contribution >= 4 is 17.7 Å². The number of para-hydroxylation sites is 1. The molecule has 5 nitrogen and oxygen atoms in total. The van der Waals surface area contributed by atoms with Gasteiger partial charge in [-0.1, -0.05) is 54.6 Å². The van der Waals surface area contributed by atoms with Crippen LogP contribution in [0.25, 0.3) is 0 Å². The third-order valence-corrected chi connectivity index (χ3v) is 4.95. The highest BCUT2D eigenvalue weighted by Gasteiger charge is 2.61. The van der Waals surface area contributed by atoms with Crippen molar-refractivity contribution in [3.63, 3.8) is 0 Å². The lowest BCUT2D eigenvalue weighted by atomic mass is 9.93. The molecule has 3 rings (SSSR count). The van der Waals surface area contributed by atoms with Crippen molar-refractivity contribution in [1.29, 1.82) is 0 Å². The van der Waals surface area contributed by atoms with E-state index in [1.807, 2.05) is 87.5 Å². The molecule has 1 amide bonds. The zero-order chi connectivity index (χ0) is 21.1. The van der Waals surface area contributed by atoms with Gasteiger partial charge in [0.05, 0.1) is 18.2 Å². The lowest BCUT2D eigenvalue weighted by molar-refractivity contribution is -0.144. The summed E-state index contributed by atoms with van der Waals surface area (Å²) in [5.74, 6) is -0.326. The molecule has 0 unspecified atom stereocenters. The van der Waals surface area contributed by atoms with Gasteiger partial charge in [-0.2, -0.15) is 0 Å². The summed E-state index contributed by atoms with van der Waals surface area (Å²) in [6.45, 7) is 5.49. The van der Waals surface area contributed by atoms with Gasteiger partial charge in [0.15, 0.2) is 0 Å². The van der Waals surface area contributed by atoms with Crippen LogP contribution in [0.1, 0.15) is 32.8 Å². The van der Waals surface area contributed by atoms with Gasteiger partial charge in [-0.25, -0.2) is 4.79 Å². The van der Waals surface area contributed by atoms with Gasteiger partial charge in [-0.05, 0) is 44.9 Å². The van der Waals surface area contributed by atoms with E-state index in [-0.39, 0.29) is 11.9 Å². The zero-order valence-corrected chi connectivity index (χ0v) is 17.3. The highest BCUT2D eigenvalue weighted by Crippen LogP contribution is 2.56. The van der Waals surface area contributed by atoms with E-state index in [0.717, 1.165) is 5.56 Å². The number of methoxy groups -OCH3 is 1. The molecular formula is C24H27NO4. The molecule has 0 aliphatic heterocycles. The van der Waals surface area contributed by atoms with Gasteiger partial charge in [-0.15, -0.1) is 0 Å². The molecule has 1 aliphatic carbocycles. The largest absolute Gasteiger partial charge is 0.468 e. The lowest BCUT2D eigenvalue weighted by Gasteiger charge is -2.25. The Kier molecular flexibility index (Phi) is 5.78. The number of anilines is 1. The number of ether oxygens (including phenoxy) is 2. The third kappa shape index (κ3) is 4.50. The number of hydrogen-bond acceptors (Lipinski definition) is 4. The predicted octanol–water partition coefficient (Wildman–Crippen LogP) is 5.07. The summed E-state index contributed by atoms with van der Waals surface area (Å²) in [5, 5.41) is 0. The fourth-order valence-corrected chi connectivity index (χ4v) is 3.46. The van der Waals surface area contributed by atoms with Crippen LogP contribution in [0.5, 0.6) is 0 Å². The summed E-state index contributed by atoms with van der Waals surface area (Å²) >= 11 is 0. The Morgan fingerprint density at radius 1 is 1.03 bits per heavy atom. The topological polar surface area (TPSA) is 55.8 Å². The van der Waals surface area contributed by atoms with Crippen LogP contribution in [0.3, 0.4) is 0 Å². The minimum atomic E-state index is -0.706. The Balaban J connectivity index is 1.88. The molecule has 0 N–H and O–H groups in total. The molecule has 0 saturated heterocycles. The fourth-order valence-electron chi connectivity index (χ4n) is 3.46. The highest BCUT2D eigenvalue weighted by atomic mass is 16.6. The minimum Gasteiger partial charge on any atom is -0.468 e. The Bertz CT molecular complexity index is 886. The maximum Gasteiger partial charge on any atom is 0.418 e. The van der Waals surface area contributed by atoms with Crippen molar-refractivity contribution in [3.05, 3.63) is 78.5 Å². The second-order valence-electron chi connectivity index (χ2n) is 8.17. The third-order valence-electron chi connectivity index (χ3n) is 4.95. The van der Waals surface area contributed by atoms with E-state index in [9.17, 15) is 9.59 Å². The molecule has 2 aromatic carbocycles. The van der Waals surface area contributed by atoms with Crippen molar-refractivity contribution in [2.75, 3.05) is 12.0 Å². The Morgan fingerprint density at radius 3 is 2.17 bits per heavy atom. The van der Waals surface area contributed by atoms with Crippen molar-refractivity contribution in [3.8, 4) is 0 Å². The number of rotatable bonds is 5. The number of carbonyl (C=O) groups is 2. The number of amides is 1. The smallest absolute Gasteiger partial charge is 0.418 e. The zero-order valence-electron chi connectivity index (χ0n) is 17.3. The maximum absolute atomic E-state index is 12.8. The maximum atomic E-state index is 12.8. The second-order valence-corrected chi connectivity index (χ2v) is 8.17. The number of nitrogens with zero attached hydrogens (tertiary/aromatic N) is 1. The van der Waals surface area contributed by atoms with Crippen molar-refractivity contribution < 1.29 is 19.1 Å². The first-order valence-electron chi connectivity index (χ1n) is 9.67. The Morgan fingerprint density at radius 2 is 1.62 bits per heavy atom. The number of benzene rings is 2. The van der Waals surface area contributed by atoms with Crippen LogP contribution < -0.4 is 4.90 Å². The van der Waals surface area contributed by atoms with Crippen LogP contribution in [0.2, 0.25) is 0 Å². The molecule has 0 bridgehead atoms. The van der Waals surface area contributed by atoms with E-state index in [1.54, 1.807) is 6.20 Å². The SMILES string of the molecule is COC(=O)[C@@]1(c2ccccc2)C[C@@H]1/C=C/N(C(=O)OC(C)(C)C)c1ccccc1. The first-order chi connectivity index (χ1) is 13.8. The van der Waals surface area contributed by atoms with Crippen molar-refractivity contribution in [1.82, 2.24) is 0 Å². The summed E-state index contributed by atoms with van der Waals surface area (Å²) in [7, 11) is 1.41. The quantitative estimate of drug-likeness (QED) is 0.665. The average Bonchev–Trinajstić information content (AvgIpc) is 3.43. The molecule has 2 aromatic rings. The summed E-state index contributed by atoms with van der Waals surface area (Å²) in [6, 6.07) is 18.9. The van der Waals surface area contributed by atoms with Gasteiger partial charge in [-0.3, -0.25) is 9.69 Å². The van der Waals surface area contributed by atoms with Crippen LogP contribution in [0, 0.1) is 5.92 Å². The molecule has 152 valence electrons. The van der Waals surface area contributed by atoms with Crippen molar-refractivity contribution in [2.24, 2.45) is 5.92 Å². The monoisotopic (exact) mass is 393 g/mol. The van der Waals surface area contributed by atoms with Gasteiger partial charge in [0, 0.05) is 12.1 Å². The number of hydrogen-bond donors (Lipinski definition) is 0. The molecule has 0 heterocycles. The normalized spacial score (nSPS) is 20.9. The molecule has 2 atom stereocenters. The number of allylic oxidation sites excluding steroid dienone is 1. The molecule has 1 aliphatic rings. The van der Waals surface area contributed by atoms with Gasteiger partial charge < -0.3 is 9.47 Å². The van der Waals surface area contributed by atoms with Gasteiger partial charge in [0.2, 0.25) is 0 Å². The predicted molar refractivity (Wildman–Crippen MR) is 113 cm³/mol. The van der Waals surface area contributed by atoms with Crippen LogP contribution in [0.15, 0.2) is 72.9 Å². The van der Waals surface area contributed by atoms with E-state index in [2.05, 4.69) is 0 Å². The lowest BCUT2D eigenvalue weighted by Crippen LogP contribution is -2.33. The van der Waals surface area contributed by atoms with Crippen molar-refractivity contribution in [2.45, 2.75) is 38.2 Å². The van der Waals surface area contributed by atoms with E-state index < -0.39 is 17.1 Å². The Labute approximate surface area is 171 Å². The standard InChI is InChI=1S/C24H27NO4/c1-23(2,3)29-22(27)25(20-13-9-6-10-14-20)16-15-19-17-24(19,21(26)28-4)18-11-7-5-8-12-18/h5-16,19H,17H2,1-4H3/b16-15+/t19-,24+/m0/s1. The first-order valence-corrected chi connectivity index (χ1v) is 9.67. The van der Waals surface area contributed by atoms with Crippen LogP contribution in [-0.4, -0.2) is 24.8 Å². The highest BCUT2D eigenvalue weighted by molar-refractivity contribution is 5.91. The van der Waals surface area contributed by atoms with Gasteiger partial charge in [0.1, 0.15) is 5.60 Å². The first kappa shape index (κ1) is 20.6. The summed E-state index contributed by atoms with van der Waals surface area (Å²) < 4.78 is 10.6. The number of carbonyl (C=O) groups excluding carboxylic acids is 2. The van der Waals surface area contributed by atoms with Crippen LogP contribution >= 0.6 is 0 Å². The molecule has 0 aromatic heterocycles.